The third kappa shape index (κ3) is 39.4. The summed E-state index contributed by atoms with van der Waals surface area (Å²) < 4.78 is 32.5. The lowest BCUT2D eigenvalue weighted by atomic mass is 10.1. The van der Waals surface area contributed by atoms with Crippen LogP contribution in [0.2, 0.25) is 0 Å². The van der Waals surface area contributed by atoms with Crippen molar-refractivity contribution in [3.05, 3.63) is 109 Å². The molecule has 0 saturated carbocycles. The van der Waals surface area contributed by atoms with Crippen LogP contribution in [-0.2, 0) is 32.7 Å². The van der Waals surface area contributed by atoms with Crippen LogP contribution < -0.4 is 0 Å². The maximum absolute atomic E-state index is 12.6. The largest absolute Gasteiger partial charge is 0.472 e. The van der Waals surface area contributed by atoms with Crippen LogP contribution >= 0.6 is 7.82 Å². The second-order valence-electron chi connectivity index (χ2n) is 13.4. The molecule has 0 radical (unpaired) electrons. The highest BCUT2D eigenvalue weighted by molar-refractivity contribution is 7.47. The molecule has 0 bridgehead atoms. The molecule has 0 aromatic rings. The molecule has 0 aromatic carbocycles. The number of ether oxygens (including phenoxy) is 2. The molecule has 0 aliphatic heterocycles. The standard InChI is InChI=1S/C46H73O11P/c1-3-5-7-9-11-12-13-14-15-16-17-21-24-28-32-36-45(50)54-40-44(41-56-58(52,53)55-39-43(49)38-47)57-46(51)37-33-29-25-22-19-18-20-23-27-31-35-42(48)34-30-26-10-8-6-4-2/h5-8,11-12,14-15,18-19,23,25-27,29-31,35,42-44,47-49H,3-4,9-10,13,16-17,20-22,24,28,32-34,36-41H2,1-2H3,(H,52,53)/b7-5-,8-6-,12-11-,15-14-,19-18-,27-23-,29-25-,30-26-,35-31+/t42?,43-,44+/m0/s1. The number of unbranched alkanes of at least 4 members (excludes halogenated alkanes) is 5. The lowest BCUT2D eigenvalue weighted by Gasteiger charge is -2.20. The first-order valence-corrected chi connectivity index (χ1v) is 22.4. The molecule has 328 valence electrons. The van der Waals surface area contributed by atoms with Gasteiger partial charge in [-0.2, -0.15) is 0 Å². The smallest absolute Gasteiger partial charge is 0.462 e. The summed E-state index contributed by atoms with van der Waals surface area (Å²) in [6.07, 6.45) is 46.7. The molecule has 0 aliphatic rings. The third-order valence-corrected chi connectivity index (χ3v) is 8.97. The van der Waals surface area contributed by atoms with E-state index in [4.69, 9.17) is 19.1 Å². The van der Waals surface area contributed by atoms with Crippen molar-refractivity contribution in [1.82, 2.24) is 0 Å². The van der Waals surface area contributed by atoms with Crippen LogP contribution in [0.3, 0.4) is 0 Å². The fraction of sp³-hybridized carbons (Fsp3) is 0.565. The van der Waals surface area contributed by atoms with E-state index in [-0.39, 0.29) is 19.4 Å². The van der Waals surface area contributed by atoms with Gasteiger partial charge in [-0.05, 0) is 77.0 Å². The van der Waals surface area contributed by atoms with Crippen LogP contribution in [0.15, 0.2) is 109 Å². The van der Waals surface area contributed by atoms with Gasteiger partial charge in [0, 0.05) is 12.8 Å². The molecule has 0 saturated heterocycles. The molecule has 0 aromatic heterocycles. The fourth-order valence-corrected chi connectivity index (χ4v) is 5.61. The number of aliphatic hydroxyl groups excluding tert-OH is 3. The SMILES string of the molecule is CC/C=C\C/C=C\C/C=C\CCCCCCCC(=O)OC[C@H](COP(=O)(O)OC[C@@H](O)CO)OC(=O)CC/C=C\C/C=C\C/C=C\C=C\C(O)C/C=C\C/C=C\CC. The van der Waals surface area contributed by atoms with E-state index < -0.39 is 57.9 Å². The maximum Gasteiger partial charge on any atom is 0.472 e. The second-order valence-corrected chi connectivity index (χ2v) is 14.9. The van der Waals surface area contributed by atoms with Gasteiger partial charge < -0.3 is 29.7 Å². The quantitative estimate of drug-likeness (QED) is 0.0155. The molecule has 4 atom stereocenters. The lowest BCUT2D eigenvalue weighted by molar-refractivity contribution is -0.161. The van der Waals surface area contributed by atoms with Crippen molar-refractivity contribution in [2.75, 3.05) is 26.4 Å². The van der Waals surface area contributed by atoms with Crippen molar-refractivity contribution in [1.29, 1.82) is 0 Å². The second kappa shape index (κ2) is 40.4. The molecular weight excluding hydrogens is 759 g/mol. The van der Waals surface area contributed by atoms with E-state index in [0.717, 1.165) is 70.6 Å². The molecule has 0 amide bonds. The molecule has 0 fully saturated rings. The number of allylic oxidation sites excluding steroid dienone is 16. The van der Waals surface area contributed by atoms with Gasteiger partial charge in [-0.3, -0.25) is 18.6 Å². The average molecular weight is 833 g/mol. The first-order valence-electron chi connectivity index (χ1n) is 21.0. The zero-order chi connectivity index (χ0) is 42.8. The van der Waals surface area contributed by atoms with Crippen molar-refractivity contribution in [3.63, 3.8) is 0 Å². The highest BCUT2D eigenvalue weighted by atomic mass is 31.2. The molecule has 2 unspecified atom stereocenters. The molecule has 11 nitrogen and oxygen atoms in total. The predicted octanol–water partition coefficient (Wildman–Crippen LogP) is 9.97. The van der Waals surface area contributed by atoms with E-state index in [1.54, 1.807) is 6.08 Å². The summed E-state index contributed by atoms with van der Waals surface area (Å²) in [5.74, 6) is -1.09. The number of hydrogen-bond acceptors (Lipinski definition) is 10. The van der Waals surface area contributed by atoms with Gasteiger partial charge in [-0.25, -0.2) is 4.57 Å². The minimum Gasteiger partial charge on any atom is -0.462 e. The van der Waals surface area contributed by atoms with E-state index >= 15 is 0 Å². The molecular formula is C46H73O11P. The van der Waals surface area contributed by atoms with Gasteiger partial charge in [-0.15, -0.1) is 0 Å². The highest BCUT2D eigenvalue weighted by Crippen LogP contribution is 2.43. The summed E-state index contributed by atoms with van der Waals surface area (Å²) >= 11 is 0. The molecule has 12 heteroatoms. The fourth-order valence-electron chi connectivity index (χ4n) is 4.82. The molecule has 4 N–H and O–H groups in total. The normalized spacial score (nSPS) is 15.5. The van der Waals surface area contributed by atoms with E-state index in [1.807, 2.05) is 54.7 Å². The number of esters is 2. The topological polar surface area (TPSA) is 169 Å². The predicted molar refractivity (Wildman–Crippen MR) is 234 cm³/mol. The summed E-state index contributed by atoms with van der Waals surface area (Å²) in [5, 5.41) is 28.3. The number of carbonyl (C=O) groups excluding carboxylic acids is 2. The molecule has 0 aliphatic carbocycles. The van der Waals surface area contributed by atoms with Gasteiger partial charge >= 0.3 is 19.8 Å². The third-order valence-electron chi connectivity index (χ3n) is 8.02. The zero-order valence-corrected chi connectivity index (χ0v) is 36.0. The Bertz CT molecular complexity index is 1340. The summed E-state index contributed by atoms with van der Waals surface area (Å²) in [5.41, 5.74) is 0. The minimum absolute atomic E-state index is 0.0248. The molecule has 0 rings (SSSR count). The number of rotatable bonds is 37. The number of hydrogen-bond donors (Lipinski definition) is 4. The molecule has 0 spiro atoms. The Morgan fingerprint density at radius 1 is 0.586 bits per heavy atom. The number of aliphatic hydroxyl groups is 3. The van der Waals surface area contributed by atoms with Crippen molar-refractivity contribution in [2.24, 2.45) is 0 Å². The van der Waals surface area contributed by atoms with Gasteiger partial charge in [0.15, 0.2) is 6.10 Å². The van der Waals surface area contributed by atoms with Crippen LogP contribution in [0.5, 0.6) is 0 Å². The van der Waals surface area contributed by atoms with E-state index in [2.05, 4.69) is 67.0 Å². The first-order chi connectivity index (χ1) is 28.1. The molecule has 58 heavy (non-hydrogen) atoms. The number of phosphoric acid groups is 1. The van der Waals surface area contributed by atoms with Crippen molar-refractivity contribution >= 4 is 19.8 Å². The Kier molecular flexibility index (Phi) is 38.0. The Balaban J connectivity index is 4.56. The molecule has 0 heterocycles. The van der Waals surface area contributed by atoms with Gasteiger partial charge in [0.1, 0.15) is 12.7 Å². The van der Waals surface area contributed by atoms with Crippen LogP contribution in [-0.4, -0.2) is 76.9 Å². The Labute approximate surface area is 348 Å². The maximum atomic E-state index is 12.6. The van der Waals surface area contributed by atoms with E-state index in [1.165, 1.54) is 0 Å². The van der Waals surface area contributed by atoms with Gasteiger partial charge in [0.2, 0.25) is 0 Å². The van der Waals surface area contributed by atoms with Crippen molar-refractivity contribution in [2.45, 2.75) is 141 Å². The lowest BCUT2D eigenvalue weighted by Crippen LogP contribution is -2.29. The van der Waals surface area contributed by atoms with Crippen LogP contribution in [0, 0.1) is 0 Å². The van der Waals surface area contributed by atoms with Gasteiger partial charge in [0.05, 0.1) is 25.9 Å². The Morgan fingerprint density at radius 3 is 1.76 bits per heavy atom. The number of carbonyl (C=O) groups is 2. The summed E-state index contributed by atoms with van der Waals surface area (Å²) in [6, 6.07) is 0. The van der Waals surface area contributed by atoms with Gasteiger partial charge in [0.25, 0.3) is 0 Å². The van der Waals surface area contributed by atoms with Crippen molar-refractivity contribution < 1.29 is 52.9 Å². The minimum atomic E-state index is -4.66. The van der Waals surface area contributed by atoms with E-state index in [9.17, 15) is 29.3 Å². The summed E-state index contributed by atoms with van der Waals surface area (Å²) in [6.45, 7) is 1.93. The van der Waals surface area contributed by atoms with Crippen molar-refractivity contribution in [3.8, 4) is 0 Å². The zero-order valence-electron chi connectivity index (χ0n) is 35.1. The Hall–Kier alpha value is -3.41. The van der Waals surface area contributed by atoms with Crippen LogP contribution in [0.25, 0.3) is 0 Å². The van der Waals surface area contributed by atoms with Gasteiger partial charge in [-0.1, -0.05) is 142 Å². The number of phosphoric ester groups is 1. The van der Waals surface area contributed by atoms with E-state index in [0.29, 0.717) is 25.7 Å². The average Bonchev–Trinajstić information content (AvgIpc) is 3.21. The first kappa shape index (κ1) is 54.6. The highest BCUT2D eigenvalue weighted by Gasteiger charge is 2.27. The van der Waals surface area contributed by atoms with Crippen LogP contribution in [0.1, 0.15) is 123 Å². The Morgan fingerprint density at radius 2 is 1.12 bits per heavy atom. The summed E-state index contributed by atoms with van der Waals surface area (Å²) in [4.78, 5) is 34.9. The van der Waals surface area contributed by atoms with Crippen LogP contribution in [0.4, 0.5) is 0 Å². The monoisotopic (exact) mass is 832 g/mol. The summed E-state index contributed by atoms with van der Waals surface area (Å²) in [7, 11) is -4.66.